The van der Waals surface area contributed by atoms with E-state index in [9.17, 15) is 0 Å². The molecule has 1 nitrogen and oxygen atoms in total. The van der Waals surface area contributed by atoms with Crippen molar-refractivity contribution in [1.82, 2.24) is 0 Å². The molecule has 0 radical (unpaired) electrons. The molecule has 0 spiro atoms. The van der Waals surface area contributed by atoms with Crippen LogP contribution in [0.5, 0.6) is 11.5 Å². The Morgan fingerprint density at radius 3 is 1.19 bits per heavy atom. The van der Waals surface area contributed by atoms with Crippen molar-refractivity contribution in [2.45, 2.75) is 20.8 Å². The fourth-order valence-corrected chi connectivity index (χ4v) is 13.7. The van der Waals surface area contributed by atoms with Gasteiger partial charge in [-0.15, -0.1) is 0 Å². The summed E-state index contributed by atoms with van der Waals surface area (Å²) in [5.74, 6) is 1.80. The highest BCUT2D eigenvalue weighted by Gasteiger charge is 2.40. The van der Waals surface area contributed by atoms with E-state index in [-0.39, 0.29) is 6.71 Å². The molecule has 0 atom stereocenters. The molecule has 81 heavy (non-hydrogen) atoms. The average molecular weight is 1030 g/mol. The van der Waals surface area contributed by atoms with Gasteiger partial charge in [-0.2, -0.15) is 0 Å². The van der Waals surface area contributed by atoms with E-state index in [4.69, 9.17) is 4.74 Å². The first kappa shape index (κ1) is 48.1. The maximum absolute atomic E-state index is 7.66. The monoisotopic (exact) mass is 1030 g/mol. The molecule has 2 heteroatoms. The summed E-state index contributed by atoms with van der Waals surface area (Å²) in [6.45, 7) is 6.66. The Kier molecular flexibility index (Phi) is 11.7. The lowest BCUT2D eigenvalue weighted by atomic mass is 9.33. The van der Waals surface area contributed by atoms with E-state index < -0.39 is 0 Å². The first-order valence-corrected chi connectivity index (χ1v) is 28.3. The highest BCUT2D eigenvalue weighted by atomic mass is 16.5. The zero-order chi connectivity index (χ0) is 54.1. The molecule has 0 amide bonds. The summed E-state index contributed by atoms with van der Waals surface area (Å²) in [4.78, 5) is 0. The Morgan fingerprint density at radius 1 is 0.284 bits per heavy atom. The summed E-state index contributed by atoms with van der Waals surface area (Å²) < 4.78 is 7.66. The predicted octanol–water partition coefficient (Wildman–Crippen LogP) is 19.5. The molecular formula is C79H55BO. The molecule has 0 bridgehead atoms. The summed E-state index contributed by atoms with van der Waals surface area (Å²) in [6.07, 6.45) is 0. The predicted molar refractivity (Wildman–Crippen MR) is 345 cm³/mol. The molecule has 0 N–H and O–H groups in total. The van der Waals surface area contributed by atoms with Crippen molar-refractivity contribution in [3.05, 3.63) is 296 Å². The first-order chi connectivity index (χ1) is 39.9. The fourth-order valence-electron chi connectivity index (χ4n) is 13.7. The number of ether oxygens (including phenoxy) is 1. The molecule has 14 aromatic carbocycles. The Morgan fingerprint density at radius 2 is 0.691 bits per heavy atom. The number of benzene rings is 14. The first-order valence-electron chi connectivity index (χ1n) is 28.3. The van der Waals surface area contributed by atoms with Crippen molar-refractivity contribution in [3.63, 3.8) is 0 Å². The van der Waals surface area contributed by atoms with Gasteiger partial charge in [-0.3, -0.25) is 0 Å². The molecule has 0 saturated heterocycles. The van der Waals surface area contributed by atoms with Crippen molar-refractivity contribution in [2.75, 3.05) is 0 Å². The number of aryl methyl sites for hydroxylation is 3. The number of hydrogen-bond donors (Lipinski definition) is 0. The third-order valence-electron chi connectivity index (χ3n) is 17.0. The molecule has 0 saturated carbocycles. The molecular weight excluding hydrogens is 976 g/mol. The minimum absolute atomic E-state index is 0.163. The van der Waals surface area contributed by atoms with E-state index in [1.54, 1.807) is 0 Å². The normalized spacial score (nSPS) is 12.0. The van der Waals surface area contributed by atoms with E-state index in [1.165, 1.54) is 138 Å². The second-order valence-corrected chi connectivity index (χ2v) is 22.0. The average Bonchev–Trinajstić information content (AvgIpc) is 3.56. The summed E-state index contributed by atoms with van der Waals surface area (Å²) >= 11 is 0. The maximum atomic E-state index is 7.66. The van der Waals surface area contributed by atoms with E-state index in [1.807, 2.05) is 0 Å². The lowest BCUT2D eigenvalue weighted by Gasteiger charge is -2.34. The number of hydrogen-bond acceptors (Lipinski definition) is 1. The summed E-state index contributed by atoms with van der Waals surface area (Å²) in [7, 11) is 0. The van der Waals surface area contributed by atoms with Crippen LogP contribution in [0, 0.1) is 20.8 Å². The zero-order valence-corrected chi connectivity index (χ0v) is 45.5. The van der Waals surface area contributed by atoms with Gasteiger partial charge in [0.1, 0.15) is 11.5 Å². The Bertz CT molecular complexity index is 4560. The highest BCUT2D eigenvalue weighted by Crippen LogP contribution is 2.53. The Labute approximate surface area is 474 Å². The van der Waals surface area contributed by atoms with Gasteiger partial charge in [-0.1, -0.05) is 265 Å². The van der Waals surface area contributed by atoms with E-state index in [0.29, 0.717) is 0 Å². The van der Waals surface area contributed by atoms with Crippen LogP contribution in [0.3, 0.4) is 0 Å². The van der Waals surface area contributed by atoms with E-state index in [2.05, 4.69) is 300 Å². The lowest BCUT2D eigenvalue weighted by molar-refractivity contribution is 0.493. The standard InChI is InChI=1S/C79H55BO/c1-50-44-51(2)77(52(3)45-50)80-70-36-22-23-37-71(70)81-79-65-43-42-62-63(73-66(55-28-14-6-15-29-55)46-60(53-24-10-4-11-25-53)47-67(73)56-30-16-7-17-31-56)40-38-59-39-41-64(74(65)72(59)62)76(78(79)80)75-68(57-32-18-8-19-33-57)48-61(54-26-12-5-13-27-54)49-69(75)58-34-20-9-21-35-58/h4-49H,1-3H3. The Hall–Kier alpha value is -10.0. The van der Waals surface area contributed by atoms with Gasteiger partial charge in [0.2, 0.25) is 0 Å². The minimum atomic E-state index is -0.163. The SMILES string of the molecule is Cc1cc(C)c(B2c3ccccc3Oc3c2c(-c2c(-c4ccccc4)cc(-c4ccccc4)cc2-c2ccccc2)c2ccc4ccc(-c5c(-c6ccccc6)cc(-c6ccccc6)cc5-c5ccccc5)c5ccc3c2c45)c(C)c1. The molecule has 15 rings (SSSR count). The second-order valence-electron chi connectivity index (χ2n) is 22.0. The summed E-state index contributed by atoms with van der Waals surface area (Å²) in [5.41, 5.74) is 26.3. The minimum Gasteiger partial charge on any atom is -0.458 e. The Balaban J connectivity index is 1.13. The van der Waals surface area contributed by atoms with E-state index >= 15 is 0 Å². The second kappa shape index (κ2) is 19.7. The number of rotatable bonds is 9. The van der Waals surface area contributed by atoms with Crippen LogP contribution < -0.4 is 21.1 Å². The molecule has 0 unspecified atom stereocenters. The van der Waals surface area contributed by atoms with Gasteiger partial charge in [0.05, 0.1) is 0 Å². The van der Waals surface area contributed by atoms with Gasteiger partial charge in [-0.05, 0) is 179 Å². The van der Waals surface area contributed by atoms with Crippen molar-refractivity contribution in [3.8, 4) is 101 Å². The fraction of sp³-hybridized carbons (Fsp3) is 0.0380. The van der Waals surface area contributed by atoms with Crippen LogP contribution in [-0.4, -0.2) is 6.71 Å². The molecule has 0 aliphatic carbocycles. The molecule has 0 fully saturated rings. The molecule has 14 aromatic rings. The van der Waals surface area contributed by atoms with Gasteiger partial charge < -0.3 is 4.74 Å². The van der Waals surface area contributed by atoms with E-state index in [0.717, 1.165) is 28.0 Å². The quantitative estimate of drug-likeness (QED) is 0.103. The third kappa shape index (κ3) is 8.09. The lowest BCUT2D eigenvalue weighted by Crippen LogP contribution is -2.57. The van der Waals surface area contributed by atoms with Crippen LogP contribution in [0.4, 0.5) is 0 Å². The molecule has 0 aromatic heterocycles. The van der Waals surface area contributed by atoms with Crippen LogP contribution in [0.2, 0.25) is 0 Å². The van der Waals surface area contributed by atoms with Crippen molar-refractivity contribution in [2.24, 2.45) is 0 Å². The maximum Gasteiger partial charge on any atom is 0.252 e. The smallest absolute Gasteiger partial charge is 0.252 e. The molecule has 1 heterocycles. The van der Waals surface area contributed by atoms with Crippen LogP contribution in [0.1, 0.15) is 16.7 Å². The van der Waals surface area contributed by atoms with Gasteiger partial charge >= 0.3 is 0 Å². The van der Waals surface area contributed by atoms with Crippen LogP contribution in [0.25, 0.3) is 121 Å². The molecule has 1 aliphatic rings. The number of fused-ring (bicyclic) bond motifs is 3. The van der Waals surface area contributed by atoms with Crippen LogP contribution in [0.15, 0.2) is 279 Å². The molecule has 380 valence electrons. The molecule has 1 aliphatic heterocycles. The zero-order valence-electron chi connectivity index (χ0n) is 45.5. The van der Waals surface area contributed by atoms with Crippen molar-refractivity contribution in [1.29, 1.82) is 0 Å². The third-order valence-corrected chi connectivity index (χ3v) is 17.0. The van der Waals surface area contributed by atoms with Gasteiger partial charge in [-0.25, -0.2) is 0 Å². The topological polar surface area (TPSA) is 9.23 Å². The van der Waals surface area contributed by atoms with Crippen LogP contribution in [-0.2, 0) is 0 Å². The van der Waals surface area contributed by atoms with Crippen molar-refractivity contribution < 1.29 is 4.74 Å². The van der Waals surface area contributed by atoms with Gasteiger partial charge in [0, 0.05) is 10.8 Å². The summed E-state index contributed by atoms with van der Waals surface area (Å²) in [5, 5.41) is 7.11. The van der Waals surface area contributed by atoms with Crippen LogP contribution >= 0.6 is 0 Å². The highest BCUT2D eigenvalue weighted by molar-refractivity contribution is 6.98. The largest absolute Gasteiger partial charge is 0.458 e. The van der Waals surface area contributed by atoms with Gasteiger partial charge in [0.15, 0.2) is 0 Å². The number of para-hydroxylation sites is 1. The van der Waals surface area contributed by atoms with Gasteiger partial charge in [0.25, 0.3) is 6.71 Å². The summed E-state index contributed by atoms with van der Waals surface area (Å²) in [6, 6.07) is 103. The van der Waals surface area contributed by atoms with Crippen molar-refractivity contribution >= 4 is 55.4 Å².